The number of piperazine rings is 1. The van der Waals surface area contributed by atoms with Crippen molar-refractivity contribution in [1.29, 1.82) is 0 Å². The second-order valence-electron chi connectivity index (χ2n) is 4.33. The third-order valence-corrected chi connectivity index (χ3v) is 2.72. The van der Waals surface area contributed by atoms with Crippen LogP contribution in [0.1, 0.15) is 13.8 Å². The third kappa shape index (κ3) is 2.37. The largest absolute Gasteiger partial charge is 0.368 e. The number of rotatable bonds is 3. The fraction of sp³-hybridized carbons (Fsp3) is 0.667. The maximum atomic E-state index is 11.6. The van der Waals surface area contributed by atoms with Gasteiger partial charge >= 0.3 is 0 Å². The fourth-order valence-electron chi connectivity index (χ4n) is 1.45. The van der Waals surface area contributed by atoms with Crippen LogP contribution in [0.25, 0.3) is 0 Å². The Bertz CT molecular complexity index is 340. The van der Waals surface area contributed by atoms with E-state index in [4.69, 9.17) is 11.5 Å². The molecule has 1 aliphatic rings. The number of nitrogens with two attached hydrogens (primary N) is 2. The van der Waals surface area contributed by atoms with Gasteiger partial charge in [-0.05, 0) is 13.8 Å². The molecule has 90 valence electrons. The first-order chi connectivity index (χ1) is 7.25. The van der Waals surface area contributed by atoms with Gasteiger partial charge in [-0.3, -0.25) is 24.6 Å². The van der Waals surface area contributed by atoms with E-state index in [9.17, 15) is 14.4 Å². The summed E-state index contributed by atoms with van der Waals surface area (Å²) < 4.78 is 0. The zero-order valence-electron chi connectivity index (χ0n) is 9.32. The van der Waals surface area contributed by atoms with Crippen molar-refractivity contribution in [2.24, 2.45) is 11.5 Å². The Morgan fingerprint density at radius 2 is 2.12 bits per heavy atom. The molecule has 1 aliphatic heterocycles. The lowest BCUT2D eigenvalue weighted by Crippen LogP contribution is -2.66. The fourth-order valence-corrected chi connectivity index (χ4v) is 1.45. The number of nitrogens with zero attached hydrogens (tertiary/aromatic N) is 1. The molecule has 0 bridgehead atoms. The van der Waals surface area contributed by atoms with Crippen LogP contribution in [0.3, 0.4) is 0 Å². The van der Waals surface area contributed by atoms with Crippen molar-refractivity contribution in [2.75, 3.05) is 13.1 Å². The zero-order valence-corrected chi connectivity index (χ0v) is 9.32. The van der Waals surface area contributed by atoms with Crippen molar-refractivity contribution in [3.63, 3.8) is 0 Å². The molecule has 7 heteroatoms. The summed E-state index contributed by atoms with van der Waals surface area (Å²) in [5, 5.41) is 2.23. The van der Waals surface area contributed by atoms with Crippen LogP contribution in [-0.2, 0) is 14.4 Å². The minimum absolute atomic E-state index is 0.0275. The van der Waals surface area contributed by atoms with Crippen LogP contribution in [0.2, 0.25) is 0 Å². The highest BCUT2D eigenvalue weighted by Crippen LogP contribution is 2.17. The van der Waals surface area contributed by atoms with Crippen LogP contribution in [-0.4, -0.2) is 47.3 Å². The first-order valence-electron chi connectivity index (χ1n) is 4.89. The predicted molar refractivity (Wildman–Crippen MR) is 56.0 cm³/mol. The summed E-state index contributed by atoms with van der Waals surface area (Å²) in [5.41, 5.74) is 9.66. The number of hydrogen-bond acceptors (Lipinski definition) is 5. The molecule has 0 aromatic rings. The monoisotopic (exact) mass is 228 g/mol. The van der Waals surface area contributed by atoms with Crippen LogP contribution in [0.4, 0.5) is 0 Å². The van der Waals surface area contributed by atoms with E-state index in [0.29, 0.717) is 0 Å². The predicted octanol–water partition coefficient (Wildman–Crippen LogP) is -2.46. The van der Waals surface area contributed by atoms with Crippen molar-refractivity contribution >= 4 is 17.7 Å². The smallest absolute Gasteiger partial charge is 0.246 e. The van der Waals surface area contributed by atoms with Crippen LogP contribution < -0.4 is 16.8 Å². The minimum Gasteiger partial charge on any atom is -0.368 e. The highest BCUT2D eigenvalue weighted by Gasteiger charge is 2.41. The van der Waals surface area contributed by atoms with Crippen molar-refractivity contribution in [2.45, 2.75) is 25.4 Å². The molecule has 7 nitrogen and oxygen atoms in total. The van der Waals surface area contributed by atoms with Crippen LogP contribution in [0, 0.1) is 0 Å². The highest BCUT2D eigenvalue weighted by molar-refractivity contribution is 6.03. The quantitative estimate of drug-likeness (QED) is 0.463. The summed E-state index contributed by atoms with van der Waals surface area (Å²) in [7, 11) is 0. The molecule has 1 saturated heterocycles. The van der Waals surface area contributed by atoms with E-state index in [-0.39, 0.29) is 13.1 Å². The molecule has 0 aliphatic carbocycles. The lowest BCUT2D eigenvalue weighted by molar-refractivity contribution is -0.146. The molecule has 0 aromatic heterocycles. The second-order valence-corrected chi connectivity index (χ2v) is 4.33. The molecular formula is C9H16N4O3. The standard InChI is InChI=1S/C9H16N4O3/c1-9(2)8(16)12-6(14)4-13(9)3-5(10)7(11)15/h5H,3-4,10H2,1-2H3,(H2,11,15)(H,12,14,16). The van der Waals surface area contributed by atoms with E-state index >= 15 is 0 Å². The number of imide groups is 1. The van der Waals surface area contributed by atoms with Gasteiger partial charge in [0.05, 0.1) is 18.1 Å². The van der Waals surface area contributed by atoms with Gasteiger partial charge in [-0.15, -0.1) is 0 Å². The summed E-state index contributed by atoms with van der Waals surface area (Å²) in [4.78, 5) is 35.1. The Labute approximate surface area is 93.1 Å². The van der Waals surface area contributed by atoms with Gasteiger partial charge in [-0.1, -0.05) is 0 Å². The van der Waals surface area contributed by atoms with Crippen molar-refractivity contribution in [3.8, 4) is 0 Å². The van der Waals surface area contributed by atoms with Gasteiger partial charge < -0.3 is 11.5 Å². The van der Waals surface area contributed by atoms with Gasteiger partial charge in [0.25, 0.3) is 0 Å². The third-order valence-electron chi connectivity index (χ3n) is 2.72. The number of nitrogens with one attached hydrogen (secondary N) is 1. The molecule has 1 rings (SSSR count). The van der Waals surface area contributed by atoms with Crippen molar-refractivity contribution < 1.29 is 14.4 Å². The Hall–Kier alpha value is -1.47. The normalized spacial score (nSPS) is 22.7. The Kier molecular flexibility index (Phi) is 3.30. The van der Waals surface area contributed by atoms with E-state index in [1.807, 2.05) is 0 Å². The summed E-state index contributed by atoms with van der Waals surface area (Å²) in [6.07, 6.45) is 0. The lowest BCUT2D eigenvalue weighted by atomic mass is 9.98. The second kappa shape index (κ2) is 4.18. The number of carbonyl (C=O) groups is 3. The van der Waals surface area contributed by atoms with Gasteiger partial charge in [-0.25, -0.2) is 0 Å². The molecule has 0 aromatic carbocycles. The Morgan fingerprint density at radius 3 is 2.62 bits per heavy atom. The molecule has 1 unspecified atom stereocenters. The molecule has 0 spiro atoms. The summed E-state index contributed by atoms with van der Waals surface area (Å²) in [6, 6.07) is -0.891. The summed E-state index contributed by atoms with van der Waals surface area (Å²) >= 11 is 0. The zero-order chi connectivity index (χ0) is 12.5. The lowest BCUT2D eigenvalue weighted by Gasteiger charge is -2.40. The summed E-state index contributed by atoms with van der Waals surface area (Å²) in [5.74, 6) is -1.46. The summed E-state index contributed by atoms with van der Waals surface area (Å²) in [6.45, 7) is 3.42. The molecule has 1 atom stereocenters. The first kappa shape index (κ1) is 12.6. The Balaban J connectivity index is 2.80. The van der Waals surface area contributed by atoms with Crippen LogP contribution in [0.5, 0.6) is 0 Å². The van der Waals surface area contributed by atoms with Gasteiger partial charge in [0, 0.05) is 6.54 Å². The minimum atomic E-state index is -0.891. The molecule has 3 amide bonds. The molecule has 1 fully saturated rings. The van der Waals surface area contributed by atoms with E-state index in [1.165, 1.54) is 0 Å². The maximum Gasteiger partial charge on any atom is 0.246 e. The van der Waals surface area contributed by atoms with E-state index in [0.717, 1.165) is 0 Å². The molecule has 5 N–H and O–H groups in total. The number of carbonyl (C=O) groups excluding carboxylic acids is 3. The molecular weight excluding hydrogens is 212 g/mol. The van der Waals surface area contributed by atoms with Crippen LogP contribution in [0.15, 0.2) is 0 Å². The molecule has 0 saturated carbocycles. The van der Waals surface area contributed by atoms with Crippen molar-refractivity contribution in [1.82, 2.24) is 10.2 Å². The average molecular weight is 228 g/mol. The Morgan fingerprint density at radius 1 is 1.56 bits per heavy atom. The SMILES string of the molecule is CC1(C)C(=O)NC(=O)CN1CC(N)C(N)=O. The number of amides is 3. The van der Waals surface area contributed by atoms with Gasteiger partial charge in [-0.2, -0.15) is 0 Å². The molecule has 1 heterocycles. The highest BCUT2D eigenvalue weighted by atomic mass is 16.2. The molecule has 16 heavy (non-hydrogen) atoms. The van der Waals surface area contributed by atoms with E-state index < -0.39 is 29.3 Å². The topological polar surface area (TPSA) is 119 Å². The van der Waals surface area contributed by atoms with E-state index in [2.05, 4.69) is 5.32 Å². The van der Waals surface area contributed by atoms with Gasteiger partial charge in [0.15, 0.2) is 0 Å². The van der Waals surface area contributed by atoms with Crippen molar-refractivity contribution in [3.05, 3.63) is 0 Å². The first-order valence-corrected chi connectivity index (χ1v) is 4.89. The van der Waals surface area contributed by atoms with Gasteiger partial charge in [0.1, 0.15) is 0 Å². The van der Waals surface area contributed by atoms with Gasteiger partial charge in [0.2, 0.25) is 17.7 Å². The molecule has 0 radical (unpaired) electrons. The van der Waals surface area contributed by atoms with Crippen LogP contribution >= 0.6 is 0 Å². The number of hydrogen-bond donors (Lipinski definition) is 3. The van der Waals surface area contributed by atoms with E-state index in [1.54, 1.807) is 18.7 Å². The number of primary amides is 1. The average Bonchev–Trinajstić information content (AvgIpc) is 2.14. The maximum absolute atomic E-state index is 11.6.